The molecule has 1 aromatic rings. The zero-order valence-electron chi connectivity index (χ0n) is 24.0. The molecular weight excluding hydrogens is 474 g/mol. The van der Waals surface area contributed by atoms with Gasteiger partial charge in [0.05, 0.1) is 5.57 Å². The molecule has 5 aliphatic rings. The van der Waals surface area contributed by atoms with E-state index in [0.717, 1.165) is 56.4 Å². The lowest BCUT2D eigenvalue weighted by atomic mass is 9.34. The Hall–Kier alpha value is -2.55. The number of aryl methyl sites for hydroxylation is 1. The molecule has 1 heterocycles. The second-order valence-corrected chi connectivity index (χ2v) is 14.7. The van der Waals surface area contributed by atoms with Crippen LogP contribution in [0, 0.1) is 63.1 Å². The van der Waals surface area contributed by atoms with E-state index < -0.39 is 10.8 Å². The van der Waals surface area contributed by atoms with Gasteiger partial charge in [-0.25, -0.2) is 0 Å². The van der Waals surface area contributed by atoms with Gasteiger partial charge in [-0.1, -0.05) is 58.3 Å². The lowest BCUT2D eigenvalue weighted by Gasteiger charge is -2.68. The van der Waals surface area contributed by atoms with E-state index in [-0.39, 0.29) is 57.1 Å². The minimum Gasteiger partial charge on any atom is -0.339 e. The molecule has 7 unspecified atom stereocenters. The largest absolute Gasteiger partial charge is 0.339 e. The first kappa shape index (κ1) is 25.7. The molecule has 8 atom stereocenters. The second-order valence-electron chi connectivity index (χ2n) is 14.7. The Bertz CT molecular complexity index is 1350. The van der Waals surface area contributed by atoms with Crippen LogP contribution in [-0.2, 0) is 9.59 Å². The van der Waals surface area contributed by atoms with Crippen LogP contribution in [0.4, 0.5) is 0 Å². The number of fused-ring (bicyclic) bond motifs is 7. The molecule has 3 saturated carbocycles. The van der Waals surface area contributed by atoms with Gasteiger partial charge in [0.2, 0.25) is 5.89 Å². The van der Waals surface area contributed by atoms with E-state index in [0.29, 0.717) is 5.82 Å². The van der Waals surface area contributed by atoms with Crippen molar-refractivity contribution in [2.45, 2.75) is 99.3 Å². The summed E-state index contributed by atoms with van der Waals surface area (Å²) < 4.78 is 5.61. The van der Waals surface area contributed by atoms with Gasteiger partial charge < -0.3 is 4.52 Å². The average molecular weight is 516 g/mol. The molecule has 6 nitrogen and oxygen atoms in total. The third-order valence-corrected chi connectivity index (χ3v) is 12.6. The molecule has 5 aliphatic carbocycles. The van der Waals surface area contributed by atoms with Crippen molar-refractivity contribution in [2.24, 2.45) is 44.8 Å². The van der Waals surface area contributed by atoms with Crippen molar-refractivity contribution in [2.75, 3.05) is 0 Å². The van der Waals surface area contributed by atoms with Gasteiger partial charge in [0.1, 0.15) is 6.07 Å². The molecule has 0 saturated heterocycles. The van der Waals surface area contributed by atoms with E-state index in [1.807, 2.05) is 32.9 Å². The van der Waals surface area contributed by atoms with Crippen molar-refractivity contribution in [1.82, 2.24) is 10.1 Å². The van der Waals surface area contributed by atoms with Gasteiger partial charge in [-0.3, -0.25) is 9.59 Å². The van der Waals surface area contributed by atoms with Crippen LogP contribution in [-0.4, -0.2) is 21.7 Å². The first-order valence-corrected chi connectivity index (χ1v) is 14.5. The second kappa shape index (κ2) is 7.77. The summed E-state index contributed by atoms with van der Waals surface area (Å²) in [5.41, 5.74) is 0.0332. The zero-order valence-corrected chi connectivity index (χ0v) is 24.0. The number of allylic oxidation sites excluding steroid dienone is 4. The van der Waals surface area contributed by atoms with E-state index in [4.69, 9.17) is 4.52 Å². The molecule has 0 radical (unpaired) electrons. The molecule has 0 aromatic carbocycles. The number of aromatic nitrogens is 2. The number of rotatable bonds is 1. The molecule has 6 heteroatoms. The Morgan fingerprint density at radius 3 is 2.42 bits per heavy atom. The summed E-state index contributed by atoms with van der Waals surface area (Å²) in [6, 6.07) is 2.20. The zero-order chi connectivity index (χ0) is 27.5. The SMILES string of the molecule is Cc1noc(C2CCC3(C)CC[C@]4(C)C(C(=O)C=C5C6(C)C=C(C#N)C(=O)C(C)(C)C6CCC54C)C3C2)n1. The Labute approximate surface area is 226 Å². The maximum absolute atomic E-state index is 14.4. The molecule has 0 amide bonds. The van der Waals surface area contributed by atoms with E-state index in [1.165, 1.54) is 0 Å². The molecule has 38 heavy (non-hydrogen) atoms. The third-order valence-electron chi connectivity index (χ3n) is 12.6. The lowest BCUT2D eigenvalue weighted by Crippen LogP contribution is -2.64. The number of nitriles is 1. The average Bonchev–Trinajstić information content (AvgIpc) is 3.29. The van der Waals surface area contributed by atoms with Crippen molar-refractivity contribution in [1.29, 1.82) is 5.26 Å². The normalized spacial score (nSPS) is 45.5. The summed E-state index contributed by atoms with van der Waals surface area (Å²) in [5, 5.41) is 13.9. The van der Waals surface area contributed by atoms with Gasteiger partial charge in [-0.05, 0) is 86.0 Å². The van der Waals surface area contributed by atoms with Gasteiger partial charge in [-0.2, -0.15) is 10.2 Å². The highest BCUT2D eigenvalue weighted by Crippen LogP contribution is 2.74. The van der Waals surface area contributed by atoms with Crippen LogP contribution in [0.1, 0.15) is 104 Å². The predicted molar refractivity (Wildman–Crippen MR) is 143 cm³/mol. The molecule has 0 spiro atoms. The molecule has 202 valence electrons. The lowest BCUT2D eigenvalue weighted by molar-refractivity contribution is -0.163. The van der Waals surface area contributed by atoms with Crippen molar-refractivity contribution < 1.29 is 14.1 Å². The highest BCUT2D eigenvalue weighted by molar-refractivity contribution is 6.04. The van der Waals surface area contributed by atoms with Gasteiger partial charge in [0.15, 0.2) is 17.4 Å². The number of ketones is 2. The van der Waals surface area contributed by atoms with E-state index in [9.17, 15) is 14.9 Å². The van der Waals surface area contributed by atoms with E-state index in [2.05, 4.69) is 43.9 Å². The van der Waals surface area contributed by atoms with Crippen LogP contribution in [0.5, 0.6) is 0 Å². The maximum Gasteiger partial charge on any atom is 0.229 e. The number of carbonyl (C=O) groups is 2. The number of Topliss-reactive ketones (excluding diaryl/α,β-unsaturated/α-hetero) is 1. The summed E-state index contributed by atoms with van der Waals surface area (Å²) in [4.78, 5) is 32.2. The molecular formula is C32H41N3O3. The van der Waals surface area contributed by atoms with Crippen LogP contribution in [0.25, 0.3) is 0 Å². The topological polar surface area (TPSA) is 96.9 Å². The Kier molecular flexibility index (Phi) is 5.26. The van der Waals surface area contributed by atoms with Gasteiger partial charge in [-0.15, -0.1) is 0 Å². The molecule has 0 aliphatic heterocycles. The van der Waals surface area contributed by atoms with Crippen LogP contribution < -0.4 is 0 Å². The van der Waals surface area contributed by atoms with Crippen molar-refractivity contribution in [3.8, 4) is 6.07 Å². The highest BCUT2D eigenvalue weighted by atomic mass is 16.5. The number of carbonyl (C=O) groups excluding carboxylic acids is 2. The van der Waals surface area contributed by atoms with Gasteiger partial charge in [0.25, 0.3) is 0 Å². The summed E-state index contributed by atoms with van der Waals surface area (Å²) in [5.74, 6) is 2.03. The van der Waals surface area contributed by atoms with Crippen LogP contribution in [0.15, 0.2) is 27.8 Å². The Morgan fingerprint density at radius 2 is 1.76 bits per heavy atom. The first-order chi connectivity index (χ1) is 17.7. The minimum absolute atomic E-state index is 0.0559. The third kappa shape index (κ3) is 3.05. The van der Waals surface area contributed by atoms with Gasteiger partial charge in [0, 0.05) is 22.7 Å². The summed E-state index contributed by atoms with van der Waals surface area (Å²) in [6.45, 7) is 15.2. The molecule has 0 N–H and O–H groups in total. The van der Waals surface area contributed by atoms with Gasteiger partial charge >= 0.3 is 0 Å². The number of hydrogen-bond acceptors (Lipinski definition) is 6. The number of hydrogen-bond donors (Lipinski definition) is 0. The van der Waals surface area contributed by atoms with Crippen molar-refractivity contribution in [3.05, 3.63) is 35.0 Å². The Balaban J connectivity index is 1.47. The predicted octanol–water partition coefficient (Wildman–Crippen LogP) is 6.67. The summed E-state index contributed by atoms with van der Waals surface area (Å²) in [7, 11) is 0. The fraction of sp³-hybridized carbons (Fsp3) is 0.719. The van der Waals surface area contributed by atoms with E-state index in [1.54, 1.807) is 0 Å². The first-order valence-electron chi connectivity index (χ1n) is 14.5. The fourth-order valence-corrected chi connectivity index (χ4v) is 10.3. The fourth-order valence-electron chi connectivity index (χ4n) is 10.3. The molecule has 1 aromatic heterocycles. The molecule has 6 rings (SSSR count). The van der Waals surface area contributed by atoms with Crippen LogP contribution >= 0.6 is 0 Å². The monoisotopic (exact) mass is 515 g/mol. The van der Waals surface area contributed by atoms with Crippen molar-refractivity contribution in [3.63, 3.8) is 0 Å². The number of nitrogens with zero attached hydrogens (tertiary/aromatic N) is 3. The Morgan fingerprint density at radius 1 is 1.03 bits per heavy atom. The summed E-state index contributed by atoms with van der Waals surface area (Å²) in [6.07, 6.45) is 10.9. The molecule has 0 bridgehead atoms. The molecule has 3 fully saturated rings. The maximum atomic E-state index is 14.4. The standard InChI is InChI=1S/C32H41N3O3/c1-18-34-27(38-35-18)19-8-10-29(4)12-13-32(7)25(21(29)14-19)22(36)15-24-30(5)16-20(17-33)26(37)28(2,3)23(30)9-11-31(24,32)6/h15-16,19,21,23,25H,8-14H2,1-7H3/t19?,21?,23?,25?,29?,30?,31?,32-/m1/s1. The minimum atomic E-state index is -0.637. The smallest absolute Gasteiger partial charge is 0.229 e. The summed E-state index contributed by atoms with van der Waals surface area (Å²) >= 11 is 0. The quantitative estimate of drug-likeness (QED) is 0.414. The van der Waals surface area contributed by atoms with Crippen molar-refractivity contribution >= 4 is 11.6 Å². The van der Waals surface area contributed by atoms with E-state index >= 15 is 0 Å². The van der Waals surface area contributed by atoms with Crippen LogP contribution in [0.3, 0.4) is 0 Å². The highest BCUT2D eigenvalue weighted by Gasteiger charge is 2.69. The van der Waals surface area contributed by atoms with Crippen LogP contribution in [0.2, 0.25) is 0 Å².